The molecule has 0 spiro atoms. The monoisotopic (exact) mass is 263 g/mol. The van der Waals surface area contributed by atoms with Crippen LogP contribution in [0.1, 0.15) is 19.8 Å². The van der Waals surface area contributed by atoms with E-state index in [9.17, 15) is 8.42 Å². The van der Waals surface area contributed by atoms with E-state index in [1.165, 1.54) is 0 Å². The van der Waals surface area contributed by atoms with E-state index in [1.54, 1.807) is 16.1 Å². The van der Waals surface area contributed by atoms with E-state index >= 15 is 0 Å². The number of nitrogens with zero attached hydrogens (tertiary/aromatic N) is 1. The molecule has 5 nitrogen and oxygen atoms in total. The quantitative estimate of drug-likeness (QED) is 0.690. The van der Waals surface area contributed by atoms with E-state index in [0.29, 0.717) is 19.1 Å². The van der Waals surface area contributed by atoms with Gasteiger partial charge in [0.05, 0.1) is 25.0 Å². The largest absolute Gasteiger partial charge is 0.370 e. The SMILES string of the molecule is CCS(=O)(=O)N1CCC([NH+]2CCOCC2)CC1. The van der Waals surface area contributed by atoms with E-state index in [2.05, 4.69) is 0 Å². The van der Waals surface area contributed by atoms with Crippen molar-refractivity contribution in [2.24, 2.45) is 0 Å². The highest BCUT2D eigenvalue weighted by Crippen LogP contribution is 2.12. The van der Waals surface area contributed by atoms with Crippen LogP contribution < -0.4 is 4.90 Å². The Hall–Kier alpha value is -0.170. The van der Waals surface area contributed by atoms with Gasteiger partial charge in [0.25, 0.3) is 0 Å². The van der Waals surface area contributed by atoms with E-state index in [1.807, 2.05) is 0 Å². The van der Waals surface area contributed by atoms with Crippen LogP contribution in [0.15, 0.2) is 0 Å². The molecule has 0 aliphatic carbocycles. The van der Waals surface area contributed by atoms with Gasteiger partial charge in [-0.1, -0.05) is 0 Å². The van der Waals surface area contributed by atoms with Gasteiger partial charge < -0.3 is 9.64 Å². The first-order valence-electron chi connectivity index (χ1n) is 6.53. The van der Waals surface area contributed by atoms with E-state index in [0.717, 1.165) is 39.1 Å². The molecule has 2 heterocycles. The van der Waals surface area contributed by atoms with Gasteiger partial charge in [-0.15, -0.1) is 0 Å². The average molecular weight is 263 g/mol. The number of nitrogens with one attached hydrogen (secondary N) is 1. The number of piperidine rings is 1. The lowest BCUT2D eigenvalue weighted by atomic mass is 10.0. The highest BCUT2D eigenvalue weighted by atomic mass is 32.2. The minimum Gasteiger partial charge on any atom is -0.370 e. The Morgan fingerprint density at radius 3 is 2.35 bits per heavy atom. The zero-order valence-electron chi connectivity index (χ0n) is 10.5. The summed E-state index contributed by atoms with van der Waals surface area (Å²) in [5, 5.41) is 0. The maximum absolute atomic E-state index is 11.7. The van der Waals surface area contributed by atoms with Gasteiger partial charge in [0.2, 0.25) is 10.0 Å². The molecule has 0 aromatic rings. The van der Waals surface area contributed by atoms with Crippen molar-refractivity contribution in [1.82, 2.24) is 4.31 Å². The molecule has 6 heteroatoms. The Morgan fingerprint density at radius 2 is 1.82 bits per heavy atom. The summed E-state index contributed by atoms with van der Waals surface area (Å²) in [7, 11) is -2.98. The van der Waals surface area contributed by atoms with Gasteiger partial charge in [-0.05, 0) is 6.92 Å². The summed E-state index contributed by atoms with van der Waals surface area (Å²) in [6.45, 7) is 6.97. The van der Waals surface area contributed by atoms with Crippen molar-refractivity contribution >= 4 is 10.0 Å². The Morgan fingerprint density at radius 1 is 1.24 bits per heavy atom. The molecule has 2 aliphatic rings. The molecule has 17 heavy (non-hydrogen) atoms. The predicted molar refractivity (Wildman–Crippen MR) is 65.6 cm³/mol. The first-order valence-corrected chi connectivity index (χ1v) is 8.14. The van der Waals surface area contributed by atoms with Gasteiger partial charge in [-0.2, -0.15) is 0 Å². The van der Waals surface area contributed by atoms with Crippen molar-refractivity contribution in [3.63, 3.8) is 0 Å². The van der Waals surface area contributed by atoms with Crippen LogP contribution in [0.25, 0.3) is 0 Å². The van der Waals surface area contributed by atoms with Crippen LogP contribution in [0, 0.1) is 0 Å². The number of quaternary nitrogens is 1. The number of sulfonamides is 1. The van der Waals surface area contributed by atoms with Gasteiger partial charge in [0.1, 0.15) is 13.1 Å². The molecule has 0 amide bonds. The fourth-order valence-corrected chi connectivity index (χ4v) is 3.90. The van der Waals surface area contributed by atoms with Gasteiger partial charge in [0, 0.05) is 25.9 Å². The topological polar surface area (TPSA) is 51.0 Å². The van der Waals surface area contributed by atoms with Gasteiger partial charge in [-0.3, -0.25) is 0 Å². The van der Waals surface area contributed by atoms with Crippen LogP contribution in [0.5, 0.6) is 0 Å². The number of hydrogen-bond acceptors (Lipinski definition) is 3. The number of hydrogen-bond donors (Lipinski definition) is 1. The second-order valence-electron chi connectivity index (χ2n) is 4.84. The second kappa shape index (κ2) is 5.65. The molecule has 2 saturated heterocycles. The van der Waals surface area contributed by atoms with Crippen LogP contribution in [0.3, 0.4) is 0 Å². The van der Waals surface area contributed by atoms with Crippen LogP contribution >= 0.6 is 0 Å². The summed E-state index contributed by atoms with van der Waals surface area (Å²) >= 11 is 0. The minimum absolute atomic E-state index is 0.224. The van der Waals surface area contributed by atoms with Crippen molar-refractivity contribution in [2.45, 2.75) is 25.8 Å². The number of rotatable bonds is 3. The third kappa shape index (κ3) is 3.19. The standard InChI is InChI=1S/C11H22N2O3S/c1-2-17(14,15)13-5-3-11(4-6-13)12-7-9-16-10-8-12/h11H,2-10H2,1H3/p+1. The van der Waals surface area contributed by atoms with Crippen LogP contribution in [-0.4, -0.2) is 63.9 Å². The fraction of sp³-hybridized carbons (Fsp3) is 1.00. The normalized spacial score (nSPS) is 26.2. The molecule has 0 unspecified atom stereocenters. The first-order chi connectivity index (χ1) is 8.13. The molecule has 2 fully saturated rings. The average Bonchev–Trinajstić information content (AvgIpc) is 2.40. The van der Waals surface area contributed by atoms with Crippen molar-refractivity contribution in [2.75, 3.05) is 45.1 Å². The predicted octanol–water partition coefficient (Wildman–Crippen LogP) is -1.28. The Labute approximate surface area is 104 Å². The summed E-state index contributed by atoms with van der Waals surface area (Å²) in [5.74, 6) is 0.224. The molecule has 0 aromatic heterocycles. The van der Waals surface area contributed by atoms with Crippen molar-refractivity contribution in [3.8, 4) is 0 Å². The van der Waals surface area contributed by atoms with Crippen LogP contribution in [0.2, 0.25) is 0 Å². The Balaban J connectivity index is 1.85. The van der Waals surface area contributed by atoms with Crippen LogP contribution in [0.4, 0.5) is 0 Å². The molecule has 100 valence electrons. The molecule has 2 aliphatic heterocycles. The molecule has 1 N–H and O–H groups in total. The Bertz CT molecular complexity index is 331. The van der Waals surface area contributed by atoms with E-state index in [4.69, 9.17) is 4.74 Å². The zero-order valence-corrected chi connectivity index (χ0v) is 11.3. The highest BCUT2D eigenvalue weighted by molar-refractivity contribution is 7.89. The van der Waals surface area contributed by atoms with Gasteiger partial charge in [0.15, 0.2) is 0 Å². The Kier molecular flexibility index (Phi) is 4.41. The molecule has 0 radical (unpaired) electrons. The lowest BCUT2D eigenvalue weighted by Gasteiger charge is -2.37. The molecular weight excluding hydrogens is 240 g/mol. The molecule has 0 aromatic carbocycles. The minimum atomic E-state index is -2.98. The summed E-state index contributed by atoms with van der Waals surface area (Å²) in [4.78, 5) is 1.60. The van der Waals surface area contributed by atoms with E-state index < -0.39 is 10.0 Å². The molecule has 0 atom stereocenters. The van der Waals surface area contributed by atoms with Crippen LogP contribution in [-0.2, 0) is 14.8 Å². The first kappa shape index (κ1) is 13.3. The molecule has 0 bridgehead atoms. The second-order valence-corrected chi connectivity index (χ2v) is 7.10. The third-order valence-electron chi connectivity index (χ3n) is 3.92. The summed E-state index contributed by atoms with van der Waals surface area (Å²) in [6, 6.07) is 0.627. The zero-order chi connectivity index (χ0) is 12.3. The molecule has 2 rings (SSSR count). The van der Waals surface area contributed by atoms with Crippen molar-refractivity contribution in [3.05, 3.63) is 0 Å². The fourth-order valence-electron chi connectivity index (χ4n) is 2.77. The van der Waals surface area contributed by atoms with Crippen molar-refractivity contribution < 1.29 is 18.1 Å². The van der Waals surface area contributed by atoms with Gasteiger partial charge in [-0.25, -0.2) is 12.7 Å². The van der Waals surface area contributed by atoms with Crippen molar-refractivity contribution in [1.29, 1.82) is 0 Å². The van der Waals surface area contributed by atoms with Gasteiger partial charge >= 0.3 is 0 Å². The molecular formula is C11H23N2O3S+. The molecule has 0 saturated carbocycles. The maximum atomic E-state index is 11.7. The summed E-state index contributed by atoms with van der Waals surface area (Å²) < 4.78 is 30.5. The smallest absolute Gasteiger partial charge is 0.213 e. The maximum Gasteiger partial charge on any atom is 0.213 e. The van der Waals surface area contributed by atoms with E-state index in [-0.39, 0.29) is 5.75 Å². The highest BCUT2D eigenvalue weighted by Gasteiger charge is 2.32. The third-order valence-corrected chi connectivity index (χ3v) is 5.81. The summed E-state index contributed by atoms with van der Waals surface area (Å²) in [6.07, 6.45) is 1.99. The number of ether oxygens (including phenoxy) is 1. The number of morpholine rings is 1. The lowest BCUT2D eigenvalue weighted by Crippen LogP contribution is -3.18. The summed E-state index contributed by atoms with van der Waals surface area (Å²) in [5.41, 5.74) is 0. The lowest BCUT2D eigenvalue weighted by molar-refractivity contribution is -0.934.